The van der Waals surface area contributed by atoms with E-state index < -0.39 is 21.8 Å². The Hall–Kier alpha value is -2.36. The zero-order valence-electron chi connectivity index (χ0n) is 14.2. The molecule has 3 N–H and O–H groups in total. The van der Waals surface area contributed by atoms with Gasteiger partial charge in [0.25, 0.3) is 5.91 Å². The Labute approximate surface area is 161 Å². The quantitative estimate of drug-likeness (QED) is 0.607. The van der Waals surface area contributed by atoms with Gasteiger partial charge in [-0.25, -0.2) is 13.1 Å². The van der Waals surface area contributed by atoms with Crippen molar-refractivity contribution in [3.05, 3.63) is 52.9 Å². The number of carbonyl (C=O) groups is 2. The molecular weight excluding hydrogens is 394 g/mol. The van der Waals surface area contributed by atoms with Crippen LogP contribution >= 0.6 is 11.6 Å². The molecule has 1 heterocycles. The van der Waals surface area contributed by atoms with Gasteiger partial charge in [-0.2, -0.15) is 0 Å². The van der Waals surface area contributed by atoms with Crippen LogP contribution in [0.3, 0.4) is 0 Å². The number of rotatable bonds is 8. The normalized spacial score (nSPS) is 14.0. The summed E-state index contributed by atoms with van der Waals surface area (Å²) in [6.45, 7) is -0.0531. The van der Waals surface area contributed by atoms with Crippen molar-refractivity contribution in [3.63, 3.8) is 0 Å². The van der Waals surface area contributed by atoms with Crippen molar-refractivity contribution in [2.75, 3.05) is 6.54 Å². The molecule has 1 aliphatic carbocycles. The summed E-state index contributed by atoms with van der Waals surface area (Å²) in [6, 6.07) is 7.27. The van der Waals surface area contributed by atoms with E-state index in [-0.39, 0.29) is 34.6 Å². The lowest BCUT2D eigenvalue weighted by Gasteiger charge is -2.10. The van der Waals surface area contributed by atoms with Crippen LogP contribution < -0.4 is 15.4 Å². The molecule has 1 saturated carbocycles. The maximum atomic E-state index is 12.3. The summed E-state index contributed by atoms with van der Waals surface area (Å²) in [6.07, 6.45) is 3.06. The molecule has 0 aliphatic heterocycles. The van der Waals surface area contributed by atoms with Crippen molar-refractivity contribution in [2.24, 2.45) is 0 Å². The number of amides is 2. The van der Waals surface area contributed by atoms with Crippen LogP contribution in [0.15, 0.2) is 45.9 Å². The lowest BCUT2D eigenvalue weighted by molar-refractivity contribution is -0.120. The summed E-state index contributed by atoms with van der Waals surface area (Å²) in [5.41, 5.74) is 0.0920. The molecule has 0 bridgehead atoms. The highest BCUT2D eigenvalue weighted by molar-refractivity contribution is 7.89. The SMILES string of the molecule is O=C(CNC(=O)c1ccc(Cl)c(S(=O)(=O)NC2CC2)c1)NCc1ccco1. The molecule has 0 atom stereocenters. The fourth-order valence-electron chi connectivity index (χ4n) is 2.26. The summed E-state index contributed by atoms with van der Waals surface area (Å²) in [5, 5.41) is 5.05. The Morgan fingerprint density at radius 1 is 1.19 bits per heavy atom. The van der Waals surface area contributed by atoms with Gasteiger partial charge in [0.2, 0.25) is 15.9 Å². The first kappa shape index (κ1) is 19.4. The van der Waals surface area contributed by atoms with Gasteiger partial charge in [-0.3, -0.25) is 9.59 Å². The molecule has 1 aromatic heterocycles. The molecule has 1 fully saturated rings. The third-order valence-electron chi connectivity index (χ3n) is 3.83. The van der Waals surface area contributed by atoms with E-state index in [4.69, 9.17) is 16.0 Å². The molecule has 0 saturated heterocycles. The highest BCUT2D eigenvalue weighted by atomic mass is 35.5. The van der Waals surface area contributed by atoms with E-state index in [2.05, 4.69) is 15.4 Å². The molecule has 3 rings (SSSR count). The van der Waals surface area contributed by atoms with E-state index >= 15 is 0 Å². The van der Waals surface area contributed by atoms with Gasteiger partial charge < -0.3 is 15.1 Å². The molecule has 0 spiro atoms. The highest BCUT2D eigenvalue weighted by Crippen LogP contribution is 2.26. The summed E-state index contributed by atoms with van der Waals surface area (Å²) in [5.74, 6) is -0.398. The summed E-state index contributed by atoms with van der Waals surface area (Å²) in [7, 11) is -3.80. The molecule has 10 heteroatoms. The number of sulfonamides is 1. The number of halogens is 1. The molecule has 144 valence electrons. The second kappa shape index (κ2) is 8.12. The molecule has 1 aliphatic rings. The molecule has 2 amide bonds. The maximum absolute atomic E-state index is 12.3. The zero-order chi connectivity index (χ0) is 19.4. The first-order valence-electron chi connectivity index (χ1n) is 8.24. The van der Waals surface area contributed by atoms with Crippen LogP contribution in [0.1, 0.15) is 29.0 Å². The number of nitrogens with one attached hydrogen (secondary N) is 3. The third kappa shape index (κ3) is 5.31. The van der Waals surface area contributed by atoms with Gasteiger partial charge in [0.05, 0.1) is 24.4 Å². The molecule has 1 aromatic carbocycles. The van der Waals surface area contributed by atoms with Crippen LogP contribution in [-0.2, 0) is 21.4 Å². The van der Waals surface area contributed by atoms with Gasteiger partial charge in [0, 0.05) is 11.6 Å². The lowest BCUT2D eigenvalue weighted by atomic mass is 10.2. The van der Waals surface area contributed by atoms with E-state index in [0.717, 1.165) is 12.8 Å². The fraction of sp³-hybridized carbons (Fsp3) is 0.294. The number of furan rings is 1. The lowest BCUT2D eigenvalue weighted by Crippen LogP contribution is -2.36. The minimum atomic E-state index is -3.80. The van der Waals surface area contributed by atoms with Crippen molar-refractivity contribution < 1.29 is 22.4 Å². The molecule has 8 nitrogen and oxygen atoms in total. The Morgan fingerprint density at radius 3 is 2.63 bits per heavy atom. The van der Waals surface area contributed by atoms with Gasteiger partial charge in [-0.05, 0) is 43.2 Å². The van der Waals surface area contributed by atoms with Crippen LogP contribution in [0.4, 0.5) is 0 Å². The van der Waals surface area contributed by atoms with Crippen molar-refractivity contribution >= 4 is 33.4 Å². The zero-order valence-corrected chi connectivity index (χ0v) is 15.8. The summed E-state index contributed by atoms with van der Waals surface area (Å²) >= 11 is 5.98. The summed E-state index contributed by atoms with van der Waals surface area (Å²) in [4.78, 5) is 23.9. The Bertz CT molecular complexity index is 939. The van der Waals surface area contributed by atoms with E-state index in [1.165, 1.54) is 24.5 Å². The van der Waals surface area contributed by atoms with Crippen LogP contribution in [0.5, 0.6) is 0 Å². The fourth-order valence-corrected chi connectivity index (χ4v) is 4.09. The maximum Gasteiger partial charge on any atom is 0.251 e. The number of hydrogen-bond acceptors (Lipinski definition) is 5. The molecule has 2 aromatic rings. The Kier molecular flexibility index (Phi) is 5.83. The highest BCUT2D eigenvalue weighted by Gasteiger charge is 2.29. The minimum Gasteiger partial charge on any atom is -0.467 e. The minimum absolute atomic E-state index is 0.0240. The van der Waals surface area contributed by atoms with E-state index in [9.17, 15) is 18.0 Å². The third-order valence-corrected chi connectivity index (χ3v) is 5.83. The summed E-state index contributed by atoms with van der Waals surface area (Å²) < 4.78 is 32.3. The first-order valence-corrected chi connectivity index (χ1v) is 10.1. The molecule has 0 radical (unpaired) electrons. The van der Waals surface area contributed by atoms with E-state index in [0.29, 0.717) is 5.76 Å². The second-order valence-corrected chi connectivity index (χ2v) is 8.17. The predicted octanol–water partition coefficient (Wildman–Crippen LogP) is 1.42. The van der Waals surface area contributed by atoms with Crippen LogP contribution in [0.25, 0.3) is 0 Å². The van der Waals surface area contributed by atoms with Crippen LogP contribution in [0.2, 0.25) is 5.02 Å². The average Bonchev–Trinajstić information content (AvgIpc) is 3.27. The Morgan fingerprint density at radius 2 is 1.96 bits per heavy atom. The van der Waals surface area contributed by atoms with E-state index in [1.807, 2.05) is 0 Å². The smallest absolute Gasteiger partial charge is 0.251 e. The average molecular weight is 412 g/mol. The van der Waals surface area contributed by atoms with Crippen molar-refractivity contribution in [1.29, 1.82) is 0 Å². The number of benzene rings is 1. The van der Waals surface area contributed by atoms with Crippen molar-refractivity contribution in [3.8, 4) is 0 Å². The monoisotopic (exact) mass is 411 g/mol. The second-order valence-electron chi connectivity index (χ2n) is 6.08. The standard InChI is InChI=1S/C17H18ClN3O5S/c18-14-6-3-11(8-15(14)27(24,25)21-12-4-5-12)17(23)20-10-16(22)19-9-13-2-1-7-26-13/h1-3,6-8,12,21H,4-5,9-10H2,(H,19,22)(H,20,23). The van der Waals surface area contributed by atoms with Gasteiger partial charge in [-0.15, -0.1) is 0 Å². The van der Waals surface area contributed by atoms with Crippen molar-refractivity contribution in [2.45, 2.75) is 30.3 Å². The number of hydrogen-bond donors (Lipinski definition) is 3. The largest absolute Gasteiger partial charge is 0.467 e. The van der Waals surface area contributed by atoms with Gasteiger partial charge in [-0.1, -0.05) is 11.6 Å². The van der Waals surface area contributed by atoms with Crippen molar-refractivity contribution in [1.82, 2.24) is 15.4 Å². The van der Waals surface area contributed by atoms with Gasteiger partial charge in [0.15, 0.2) is 0 Å². The van der Waals surface area contributed by atoms with Gasteiger partial charge >= 0.3 is 0 Å². The molecular formula is C17H18ClN3O5S. The molecule has 0 unspecified atom stereocenters. The van der Waals surface area contributed by atoms with Gasteiger partial charge in [0.1, 0.15) is 10.7 Å². The first-order chi connectivity index (χ1) is 12.8. The molecule has 27 heavy (non-hydrogen) atoms. The number of carbonyl (C=O) groups excluding carboxylic acids is 2. The Balaban J connectivity index is 1.59. The van der Waals surface area contributed by atoms with Crippen LogP contribution in [-0.4, -0.2) is 32.8 Å². The van der Waals surface area contributed by atoms with Crippen LogP contribution in [0, 0.1) is 0 Å². The van der Waals surface area contributed by atoms with E-state index in [1.54, 1.807) is 12.1 Å². The topological polar surface area (TPSA) is 118 Å². The predicted molar refractivity (Wildman–Crippen MR) is 97.7 cm³/mol.